The zero-order valence-corrected chi connectivity index (χ0v) is 17.5. The van der Waals surface area contributed by atoms with Gasteiger partial charge in [0.25, 0.3) is 0 Å². The maximum atomic E-state index is 13.0. The van der Waals surface area contributed by atoms with Gasteiger partial charge in [-0.05, 0) is 48.4 Å². The van der Waals surface area contributed by atoms with E-state index in [1.54, 1.807) is 30.3 Å². The number of carbonyl (C=O) groups excluding carboxylic acids is 1. The molecular weight excluding hydrogens is 384 g/mol. The number of anilines is 1. The molecule has 0 fully saturated rings. The maximum Gasteiger partial charge on any atom is 0.243 e. The highest BCUT2D eigenvalue weighted by Gasteiger charge is 2.28. The monoisotopic (exact) mass is 410 g/mol. The molecule has 0 aromatic heterocycles. The lowest BCUT2D eigenvalue weighted by Gasteiger charge is -2.27. The van der Waals surface area contributed by atoms with Crippen LogP contribution in [0, 0.1) is 0 Å². The van der Waals surface area contributed by atoms with E-state index in [-0.39, 0.29) is 29.8 Å². The van der Waals surface area contributed by atoms with E-state index in [4.69, 9.17) is 0 Å². The Kier molecular flexibility index (Phi) is 6.67. The summed E-state index contributed by atoms with van der Waals surface area (Å²) < 4.78 is 27.5. The lowest BCUT2D eigenvalue weighted by Crippen LogP contribution is -2.40. The number of benzene rings is 3. The summed E-state index contributed by atoms with van der Waals surface area (Å²) in [5.74, 6) is -0.211. The minimum Gasteiger partial charge on any atom is -0.326 e. The van der Waals surface area contributed by atoms with Crippen molar-refractivity contribution in [2.45, 2.75) is 37.6 Å². The van der Waals surface area contributed by atoms with E-state index in [2.05, 4.69) is 5.32 Å². The minimum atomic E-state index is -3.66. The fourth-order valence-corrected chi connectivity index (χ4v) is 4.94. The van der Waals surface area contributed by atoms with Crippen LogP contribution in [0.4, 0.5) is 5.69 Å². The fourth-order valence-electron chi connectivity index (χ4n) is 3.21. The first-order valence-electron chi connectivity index (χ1n) is 9.77. The molecule has 3 aromatic rings. The molecule has 0 spiro atoms. The average molecular weight is 411 g/mol. The Morgan fingerprint density at radius 2 is 1.62 bits per heavy atom. The smallest absolute Gasteiger partial charge is 0.243 e. The van der Waals surface area contributed by atoms with Gasteiger partial charge in [0.2, 0.25) is 15.9 Å². The van der Waals surface area contributed by atoms with E-state index < -0.39 is 10.0 Å². The van der Waals surface area contributed by atoms with Crippen molar-refractivity contribution in [3.63, 3.8) is 0 Å². The summed E-state index contributed by atoms with van der Waals surface area (Å²) in [4.78, 5) is 12.7. The van der Waals surface area contributed by atoms with Crippen LogP contribution in [0.1, 0.15) is 26.7 Å². The largest absolute Gasteiger partial charge is 0.326 e. The highest BCUT2D eigenvalue weighted by atomic mass is 32.2. The first kappa shape index (κ1) is 21.0. The molecule has 3 rings (SSSR count). The number of hydrogen-bond donors (Lipinski definition) is 1. The van der Waals surface area contributed by atoms with Gasteiger partial charge in [-0.1, -0.05) is 55.5 Å². The van der Waals surface area contributed by atoms with E-state index in [9.17, 15) is 13.2 Å². The van der Waals surface area contributed by atoms with Crippen LogP contribution in [0.25, 0.3) is 10.8 Å². The molecule has 0 aliphatic rings. The summed E-state index contributed by atoms with van der Waals surface area (Å²) in [5, 5.41) is 5.02. The van der Waals surface area contributed by atoms with E-state index in [0.717, 1.165) is 10.8 Å². The zero-order chi connectivity index (χ0) is 20.9. The highest BCUT2D eigenvalue weighted by Crippen LogP contribution is 2.21. The van der Waals surface area contributed by atoms with Crippen LogP contribution in [-0.2, 0) is 14.8 Å². The molecule has 1 amide bonds. The molecule has 0 saturated carbocycles. The van der Waals surface area contributed by atoms with Gasteiger partial charge in [0.15, 0.2) is 0 Å². The third kappa shape index (κ3) is 5.02. The Morgan fingerprint density at radius 3 is 2.31 bits per heavy atom. The second kappa shape index (κ2) is 9.20. The standard InChI is InChI=1S/C23H26N2O3S/c1-3-18(2)25(29(27,28)22-11-5-4-6-12-22)16-15-23(26)24-21-14-13-19-9-7-8-10-20(19)17-21/h4-14,17-18H,3,15-16H2,1-2H3,(H,24,26). The first-order valence-corrected chi connectivity index (χ1v) is 11.2. The quantitative estimate of drug-likeness (QED) is 0.587. The lowest BCUT2D eigenvalue weighted by molar-refractivity contribution is -0.116. The van der Waals surface area contributed by atoms with Crippen molar-refractivity contribution in [2.24, 2.45) is 0 Å². The van der Waals surface area contributed by atoms with Crippen molar-refractivity contribution in [3.05, 3.63) is 72.8 Å². The molecule has 0 aliphatic carbocycles. The van der Waals surface area contributed by atoms with Gasteiger partial charge in [0.05, 0.1) is 4.90 Å². The van der Waals surface area contributed by atoms with Crippen molar-refractivity contribution < 1.29 is 13.2 Å². The number of rotatable bonds is 8. The van der Waals surface area contributed by atoms with Crippen molar-refractivity contribution in [3.8, 4) is 0 Å². The average Bonchev–Trinajstić information content (AvgIpc) is 2.74. The number of nitrogens with one attached hydrogen (secondary N) is 1. The van der Waals surface area contributed by atoms with Crippen LogP contribution in [0.15, 0.2) is 77.7 Å². The summed E-state index contributed by atoms with van der Waals surface area (Å²) in [6.45, 7) is 3.93. The van der Waals surface area contributed by atoms with E-state index >= 15 is 0 Å². The molecule has 6 heteroatoms. The number of nitrogens with zero attached hydrogens (tertiary/aromatic N) is 1. The SMILES string of the molecule is CCC(C)N(CCC(=O)Nc1ccc2ccccc2c1)S(=O)(=O)c1ccccc1. The summed E-state index contributed by atoms with van der Waals surface area (Å²) in [7, 11) is -3.66. The van der Waals surface area contributed by atoms with Crippen LogP contribution in [0.5, 0.6) is 0 Å². The Morgan fingerprint density at radius 1 is 0.966 bits per heavy atom. The molecule has 0 heterocycles. The third-order valence-electron chi connectivity index (χ3n) is 5.02. The number of carbonyl (C=O) groups is 1. The topological polar surface area (TPSA) is 66.5 Å². The summed E-state index contributed by atoms with van der Waals surface area (Å²) >= 11 is 0. The number of sulfonamides is 1. The molecule has 29 heavy (non-hydrogen) atoms. The fraction of sp³-hybridized carbons (Fsp3) is 0.261. The molecule has 1 unspecified atom stereocenters. The van der Waals surface area contributed by atoms with Gasteiger partial charge in [-0.2, -0.15) is 4.31 Å². The third-order valence-corrected chi connectivity index (χ3v) is 7.05. The Bertz CT molecular complexity index is 1080. The van der Waals surface area contributed by atoms with Crippen LogP contribution < -0.4 is 5.32 Å². The van der Waals surface area contributed by atoms with Crippen LogP contribution in [0.2, 0.25) is 0 Å². The van der Waals surface area contributed by atoms with Crippen molar-refractivity contribution in [1.29, 1.82) is 0 Å². The molecule has 1 atom stereocenters. The van der Waals surface area contributed by atoms with Crippen molar-refractivity contribution >= 4 is 32.4 Å². The maximum absolute atomic E-state index is 13.0. The molecular formula is C23H26N2O3S. The molecule has 1 N–H and O–H groups in total. The summed E-state index contributed by atoms with van der Waals surface area (Å²) in [6, 6.07) is 21.8. The van der Waals surface area contributed by atoms with Gasteiger partial charge in [-0.25, -0.2) is 8.42 Å². The Labute approximate surface area is 172 Å². The Hall–Kier alpha value is -2.70. The summed E-state index contributed by atoms with van der Waals surface area (Å²) in [5.41, 5.74) is 0.703. The molecule has 0 bridgehead atoms. The number of amides is 1. The predicted molar refractivity (Wildman–Crippen MR) is 117 cm³/mol. The minimum absolute atomic E-state index is 0.0865. The van der Waals surface area contributed by atoms with Crippen LogP contribution in [0.3, 0.4) is 0 Å². The molecule has 3 aromatic carbocycles. The Balaban J connectivity index is 1.71. The van der Waals surface area contributed by atoms with Crippen LogP contribution >= 0.6 is 0 Å². The number of hydrogen-bond acceptors (Lipinski definition) is 3. The van der Waals surface area contributed by atoms with E-state index in [1.807, 2.05) is 56.3 Å². The van der Waals surface area contributed by atoms with Gasteiger partial charge in [-0.15, -0.1) is 0 Å². The number of fused-ring (bicyclic) bond motifs is 1. The lowest BCUT2D eigenvalue weighted by atomic mass is 10.1. The zero-order valence-electron chi connectivity index (χ0n) is 16.7. The van der Waals surface area contributed by atoms with Crippen molar-refractivity contribution in [2.75, 3.05) is 11.9 Å². The van der Waals surface area contributed by atoms with Gasteiger partial charge in [0.1, 0.15) is 0 Å². The predicted octanol–water partition coefficient (Wildman–Crippen LogP) is 4.66. The molecule has 0 saturated heterocycles. The van der Waals surface area contributed by atoms with Gasteiger partial charge >= 0.3 is 0 Å². The molecule has 0 radical (unpaired) electrons. The van der Waals surface area contributed by atoms with Crippen molar-refractivity contribution in [1.82, 2.24) is 4.31 Å². The molecule has 0 aliphatic heterocycles. The van der Waals surface area contributed by atoms with Crippen LogP contribution in [-0.4, -0.2) is 31.2 Å². The van der Waals surface area contributed by atoms with Gasteiger partial charge in [0, 0.05) is 24.7 Å². The van der Waals surface area contributed by atoms with E-state index in [1.165, 1.54) is 4.31 Å². The summed E-state index contributed by atoms with van der Waals surface area (Å²) in [6.07, 6.45) is 0.752. The van der Waals surface area contributed by atoms with E-state index in [0.29, 0.717) is 12.1 Å². The van der Waals surface area contributed by atoms with Gasteiger partial charge in [-0.3, -0.25) is 4.79 Å². The normalized spacial score (nSPS) is 12.8. The molecule has 152 valence electrons. The van der Waals surface area contributed by atoms with Gasteiger partial charge < -0.3 is 5.32 Å². The second-order valence-electron chi connectivity index (χ2n) is 7.05. The highest BCUT2D eigenvalue weighted by molar-refractivity contribution is 7.89. The first-order chi connectivity index (χ1) is 13.9. The second-order valence-corrected chi connectivity index (χ2v) is 8.94. The molecule has 5 nitrogen and oxygen atoms in total.